The molecular formula is C16H16BrN3O. The average Bonchev–Trinajstić information content (AvgIpc) is 2.83. The van der Waals surface area contributed by atoms with Gasteiger partial charge in [0.05, 0.1) is 11.6 Å². The lowest BCUT2D eigenvalue weighted by atomic mass is 10.1. The summed E-state index contributed by atoms with van der Waals surface area (Å²) in [6.45, 7) is 5.93. The second-order valence-electron chi connectivity index (χ2n) is 5.14. The van der Waals surface area contributed by atoms with E-state index < -0.39 is 0 Å². The number of halogens is 1. The van der Waals surface area contributed by atoms with Crippen molar-refractivity contribution < 1.29 is 4.79 Å². The smallest absolute Gasteiger partial charge is 0.272 e. The normalized spacial score (nSPS) is 10.5. The highest BCUT2D eigenvalue weighted by molar-refractivity contribution is 9.10. The Kier molecular flexibility index (Phi) is 4.49. The zero-order valence-corrected chi connectivity index (χ0v) is 13.7. The van der Waals surface area contributed by atoms with Crippen LogP contribution in [0.15, 0.2) is 34.9 Å². The molecule has 1 N–H and O–H groups in total. The van der Waals surface area contributed by atoms with Gasteiger partial charge in [0.15, 0.2) is 0 Å². The number of nitrogens with one attached hydrogen (secondary N) is 1. The van der Waals surface area contributed by atoms with Gasteiger partial charge < -0.3 is 9.88 Å². The predicted molar refractivity (Wildman–Crippen MR) is 86.4 cm³/mol. The van der Waals surface area contributed by atoms with Gasteiger partial charge in [0.1, 0.15) is 5.69 Å². The zero-order chi connectivity index (χ0) is 15.6. The van der Waals surface area contributed by atoms with Crippen molar-refractivity contribution in [3.05, 3.63) is 51.8 Å². The van der Waals surface area contributed by atoms with Crippen LogP contribution in [0.1, 0.15) is 41.5 Å². The molecule has 1 amide bonds. The fourth-order valence-corrected chi connectivity index (χ4v) is 2.50. The van der Waals surface area contributed by atoms with Gasteiger partial charge in [-0.1, -0.05) is 6.07 Å². The van der Waals surface area contributed by atoms with Gasteiger partial charge in [-0.05, 0) is 60.5 Å². The van der Waals surface area contributed by atoms with Crippen LogP contribution in [0, 0.1) is 18.3 Å². The summed E-state index contributed by atoms with van der Waals surface area (Å²) in [5.74, 6) is -0.187. The number of hydrogen-bond donors (Lipinski definition) is 1. The lowest BCUT2D eigenvalue weighted by molar-refractivity contribution is 0.101. The Morgan fingerprint density at radius 3 is 2.71 bits per heavy atom. The van der Waals surface area contributed by atoms with E-state index in [9.17, 15) is 4.79 Å². The summed E-state index contributed by atoms with van der Waals surface area (Å²) < 4.78 is 2.77. The fourth-order valence-electron chi connectivity index (χ4n) is 2.07. The number of carbonyl (C=O) groups is 1. The van der Waals surface area contributed by atoms with Crippen molar-refractivity contribution in [3.63, 3.8) is 0 Å². The van der Waals surface area contributed by atoms with E-state index in [1.54, 1.807) is 18.2 Å². The molecule has 2 rings (SSSR count). The molecule has 0 fully saturated rings. The minimum Gasteiger partial charge on any atom is -0.340 e. The van der Waals surface area contributed by atoms with Crippen LogP contribution in [0.2, 0.25) is 0 Å². The van der Waals surface area contributed by atoms with Crippen molar-refractivity contribution in [2.24, 2.45) is 0 Å². The molecule has 0 aliphatic carbocycles. The summed E-state index contributed by atoms with van der Waals surface area (Å²) in [4.78, 5) is 12.5. The van der Waals surface area contributed by atoms with Crippen molar-refractivity contribution in [1.82, 2.24) is 4.57 Å². The van der Waals surface area contributed by atoms with Crippen molar-refractivity contribution in [2.45, 2.75) is 26.8 Å². The minimum atomic E-state index is -0.187. The van der Waals surface area contributed by atoms with Gasteiger partial charge in [-0.25, -0.2) is 0 Å². The van der Waals surface area contributed by atoms with Crippen LogP contribution in [0.5, 0.6) is 0 Å². The quantitative estimate of drug-likeness (QED) is 0.903. The van der Waals surface area contributed by atoms with Gasteiger partial charge in [0, 0.05) is 22.4 Å². The van der Waals surface area contributed by atoms with Crippen LogP contribution in [-0.4, -0.2) is 10.5 Å². The molecule has 0 radical (unpaired) electrons. The molecular weight excluding hydrogens is 330 g/mol. The summed E-state index contributed by atoms with van der Waals surface area (Å²) in [7, 11) is 0. The molecule has 5 heteroatoms. The van der Waals surface area contributed by atoms with Gasteiger partial charge in [-0.2, -0.15) is 5.26 Å². The van der Waals surface area contributed by atoms with E-state index in [0.29, 0.717) is 16.9 Å². The van der Waals surface area contributed by atoms with E-state index in [1.165, 1.54) is 0 Å². The molecule has 0 saturated carbocycles. The summed E-state index contributed by atoms with van der Waals surface area (Å²) in [5, 5.41) is 11.8. The second-order valence-corrected chi connectivity index (χ2v) is 6.06. The SMILES string of the molecule is Cc1ccc(C#N)cc1NC(=O)c1cc(Br)cn1C(C)C. The molecule has 0 aliphatic rings. The molecule has 108 valence electrons. The number of nitrogens with zero attached hydrogens (tertiary/aromatic N) is 2. The van der Waals surface area contributed by atoms with Crippen molar-refractivity contribution in [1.29, 1.82) is 5.26 Å². The van der Waals surface area contributed by atoms with Gasteiger partial charge in [0.25, 0.3) is 5.91 Å². The first-order valence-corrected chi connectivity index (χ1v) is 7.41. The third-order valence-electron chi connectivity index (χ3n) is 3.22. The fraction of sp³-hybridized carbons (Fsp3) is 0.250. The molecule has 0 aliphatic heterocycles. The van der Waals surface area contributed by atoms with Crippen LogP contribution in [-0.2, 0) is 0 Å². The van der Waals surface area contributed by atoms with Crippen molar-refractivity contribution in [2.75, 3.05) is 5.32 Å². The number of amides is 1. The Hall–Kier alpha value is -2.06. The summed E-state index contributed by atoms with van der Waals surface area (Å²) in [6, 6.07) is 9.30. The average molecular weight is 346 g/mol. The van der Waals surface area contributed by atoms with Crippen molar-refractivity contribution >= 4 is 27.5 Å². The van der Waals surface area contributed by atoms with E-state index in [2.05, 4.69) is 27.3 Å². The number of aromatic nitrogens is 1. The third-order valence-corrected chi connectivity index (χ3v) is 3.65. The standard InChI is InChI=1S/C16H16BrN3O/c1-10(2)20-9-13(17)7-15(20)16(21)19-14-6-12(8-18)5-4-11(14)3/h4-7,9-10H,1-3H3,(H,19,21). The highest BCUT2D eigenvalue weighted by atomic mass is 79.9. The molecule has 4 nitrogen and oxygen atoms in total. The summed E-state index contributed by atoms with van der Waals surface area (Å²) >= 11 is 3.40. The van der Waals surface area contributed by atoms with Crippen LogP contribution >= 0.6 is 15.9 Å². The van der Waals surface area contributed by atoms with Crippen LogP contribution in [0.25, 0.3) is 0 Å². The maximum Gasteiger partial charge on any atom is 0.272 e. The van der Waals surface area contributed by atoms with E-state index in [0.717, 1.165) is 10.0 Å². The number of anilines is 1. The number of aryl methyl sites for hydroxylation is 1. The molecule has 1 heterocycles. The van der Waals surface area contributed by atoms with E-state index in [-0.39, 0.29) is 11.9 Å². The maximum atomic E-state index is 12.5. The van der Waals surface area contributed by atoms with Crippen LogP contribution in [0.4, 0.5) is 5.69 Å². The summed E-state index contributed by atoms with van der Waals surface area (Å²) in [5.41, 5.74) is 2.69. The lowest BCUT2D eigenvalue weighted by Crippen LogP contribution is -2.18. The molecule has 0 atom stereocenters. The number of carbonyl (C=O) groups excluding carboxylic acids is 1. The highest BCUT2D eigenvalue weighted by Crippen LogP contribution is 2.22. The molecule has 1 aromatic carbocycles. The molecule has 0 bridgehead atoms. The molecule has 0 spiro atoms. The van der Waals surface area contributed by atoms with E-state index >= 15 is 0 Å². The highest BCUT2D eigenvalue weighted by Gasteiger charge is 2.16. The molecule has 0 unspecified atom stereocenters. The molecule has 1 aromatic heterocycles. The van der Waals surface area contributed by atoms with Crippen LogP contribution < -0.4 is 5.32 Å². The lowest BCUT2D eigenvalue weighted by Gasteiger charge is -2.13. The first-order valence-electron chi connectivity index (χ1n) is 6.62. The van der Waals surface area contributed by atoms with Gasteiger partial charge >= 0.3 is 0 Å². The second kappa shape index (κ2) is 6.15. The van der Waals surface area contributed by atoms with Gasteiger partial charge in [0.2, 0.25) is 0 Å². The van der Waals surface area contributed by atoms with E-state index in [1.807, 2.05) is 37.6 Å². The Balaban J connectivity index is 2.33. The van der Waals surface area contributed by atoms with Crippen LogP contribution in [0.3, 0.4) is 0 Å². The topological polar surface area (TPSA) is 57.8 Å². The Morgan fingerprint density at radius 1 is 1.38 bits per heavy atom. The Bertz CT molecular complexity index is 726. The third kappa shape index (κ3) is 3.34. The van der Waals surface area contributed by atoms with Crippen molar-refractivity contribution in [3.8, 4) is 6.07 Å². The van der Waals surface area contributed by atoms with Gasteiger partial charge in [-0.15, -0.1) is 0 Å². The Labute approximate surface area is 132 Å². The molecule has 21 heavy (non-hydrogen) atoms. The van der Waals surface area contributed by atoms with Gasteiger partial charge in [-0.3, -0.25) is 4.79 Å². The summed E-state index contributed by atoms with van der Waals surface area (Å²) in [6.07, 6.45) is 1.89. The first kappa shape index (κ1) is 15.3. The maximum absolute atomic E-state index is 12.5. The monoisotopic (exact) mass is 345 g/mol. The number of rotatable bonds is 3. The number of nitriles is 1. The minimum absolute atomic E-state index is 0.184. The Morgan fingerprint density at radius 2 is 2.10 bits per heavy atom. The number of hydrogen-bond acceptors (Lipinski definition) is 2. The van der Waals surface area contributed by atoms with E-state index in [4.69, 9.17) is 5.26 Å². The number of benzene rings is 1. The first-order chi connectivity index (χ1) is 9.92. The molecule has 2 aromatic rings. The largest absolute Gasteiger partial charge is 0.340 e. The zero-order valence-electron chi connectivity index (χ0n) is 12.1. The predicted octanol–water partition coefficient (Wildman–Crippen LogP) is 4.26. The molecule has 0 saturated heterocycles.